The van der Waals surface area contributed by atoms with Gasteiger partial charge in [-0.15, -0.1) is 22.7 Å². The Morgan fingerprint density at radius 3 is 2.79 bits per heavy atom. The van der Waals surface area contributed by atoms with E-state index in [1.807, 2.05) is 42.5 Å². The Balaban J connectivity index is 1.49. The van der Waals surface area contributed by atoms with Crippen molar-refractivity contribution in [2.75, 3.05) is 7.11 Å². The van der Waals surface area contributed by atoms with Crippen molar-refractivity contribution in [3.8, 4) is 11.4 Å². The van der Waals surface area contributed by atoms with E-state index < -0.39 is 0 Å². The average molecular weight is 506 g/mol. The topological polar surface area (TPSA) is 57.0 Å². The van der Waals surface area contributed by atoms with Crippen LogP contribution in [-0.2, 0) is 18.6 Å². The van der Waals surface area contributed by atoms with E-state index in [9.17, 15) is 4.79 Å². The molecule has 1 aliphatic rings. The van der Waals surface area contributed by atoms with E-state index >= 15 is 0 Å². The van der Waals surface area contributed by atoms with Gasteiger partial charge in [0, 0.05) is 10.9 Å². The second kappa shape index (κ2) is 9.17. The highest BCUT2D eigenvalue weighted by Gasteiger charge is 2.22. The van der Waals surface area contributed by atoms with Crippen molar-refractivity contribution < 1.29 is 4.74 Å². The number of ether oxygens (including phenoxy) is 1. The number of methoxy groups -OCH3 is 1. The summed E-state index contributed by atoms with van der Waals surface area (Å²) in [6, 6.07) is 15.8. The van der Waals surface area contributed by atoms with E-state index in [2.05, 4.69) is 6.07 Å². The van der Waals surface area contributed by atoms with Crippen molar-refractivity contribution in [3.05, 3.63) is 74.3 Å². The highest BCUT2D eigenvalue weighted by molar-refractivity contribution is 7.98. The summed E-state index contributed by atoms with van der Waals surface area (Å²) >= 11 is 4.96. The Labute approximate surface area is 209 Å². The van der Waals surface area contributed by atoms with Crippen LogP contribution in [0, 0.1) is 0 Å². The molecule has 34 heavy (non-hydrogen) atoms. The zero-order valence-corrected chi connectivity index (χ0v) is 21.2. The summed E-state index contributed by atoms with van der Waals surface area (Å²) in [6.07, 6.45) is 5.54. The fourth-order valence-electron chi connectivity index (χ4n) is 4.55. The van der Waals surface area contributed by atoms with Gasteiger partial charge in [-0.2, -0.15) is 0 Å². The van der Waals surface area contributed by atoms with Crippen molar-refractivity contribution in [1.29, 1.82) is 0 Å². The van der Waals surface area contributed by atoms with E-state index in [1.165, 1.54) is 28.0 Å². The minimum absolute atomic E-state index is 0.0180. The molecule has 0 bridgehead atoms. The SMILES string of the molecule is COc1cccc(-n2c(SCc3nc4ccccc4s3)nc3sc4c(c3c2=O)CCCCC4)c1. The Bertz CT molecular complexity index is 1530. The number of aromatic nitrogens is 3. The molecule has 0 amide bonds. The van der Waals surface area contributed by atoms with Crippen LogP contribution in [0.25, 0.3) is 26.1 Å². The Morgan fingerprint density at radius 2 is 1.91 bits per heavy atom. The minimum atomic E-state index is 0.0180. The third-order valence-electron chi connectivity index (χ3n) is 6.18. The lowest BCUT2D eigenvalue weighted by Crippen LogP contribution is -2.22. The summed E-state index contributed by atoms with van der Waals surface area (Å²) in [4.78, 5) is 26.0. The molecule has 0 saturated carbocycles. The summed E-state index contributed by atoms with van der Waals surface area (Å²) in [6.45, 7) is 0. The molecular formula is C26H23N3O2S3. The zero-order valence-electron chi connectivity index (χ0n) is 18.7. The second-order valence-electron chi connectivity index (χ2n) is 8.35. The molecule has 0 spiro atoms. The number of rotatable bonds is 5. The number of fused-ring (bicyclic) bond motifs is 4. The first-order valence-electron chi connectivity index (χ1n) is 11.4. The maximum absolute atomic E-state index is 14.0. The number of nitrogens with zero attached hydrogens (tertiary/aromatic N) is 3. The minimum Gasteiger partial charge on any atom is -0.497 e. The Hall–Kier alpha value is -2.68. The predicted octanol–water partition coefficient (Wildman–Crippen LogP) is 6.63. The molecule has 0 N–H and O–H groups in total. The van der Waals surface area contributed by atoms with Gasteiger partial charge >= 0.3 is 0 Å². The summed E-state index contributed by atoms with van der Waals surface area (Å²) < 4.78 is 8.39. The van der Waals surface area contributed by atoms with Crippen molar-refractivity contribution in [3.63, 3.8) is 0 Å². The maximum atomic E-state index is 14.0. The molecule has 0 unspecified atom stereocenters. The molecule has 0 fully saturated rings. The molecule has 3 aromatic heterocycles. The number of aryl methyl sites for hydroxylation is 2. The fourth-order valence-corrected chi connectivity index (χ4v) is 7.82. The lowest BCUT2D eigenvalue weighted by atomic mass is 10.1. The molecule has 172 valence electrons. The van der Waals surface area contributed by atoms with Crippen molar-refractivity contribution in [2.45, 2.75) is 43.0 Å². The predicted molar refractivity (Wildman–Crippen MR) is 142 cm³/mol. The second-order valence-corrected chi connectivity index (χ2v) is 11.5. The molecule has 0 saturated heterocycles. The van der Waals surface area contributed by atoms with Crippen LogP contribution in [-0.4, -0.2) is 21.6 Å². The number of para-hydroxylation sites is 1. The molecule has 0 atom stereocenters. The maximum Gasteiger partial charge on any atom is 0.267 e. The van der Waals surface area contributed by atoms with Gasteiger partial charge in [0.1, 0.15) is 15.6 Å². The standard InChI is InChI=1S/C26H23N3O2S3/c1-31-17-9-7-8-16(14-17)29-25(30)23-18-10-3-2-4-12-20(18)34-24(23)28-26(29)32-15-22-27-19-11-5-6-13-21(19)33-22/h5-9,11,13-14H,2-4,10,12,15H2,1H3. The zero-order chi connectivity index (χ0) is 23.1. The molecule has 0 aliphatic heterocycles. The van der Waals surface area contributed by atoms with Gasteiger partial charge in [-0.3, -0.25) is 9.36 Å². The van der Waals surface area contributed by atoms with Crippen LogP contribution in [0.4, 0.5) is 0 Å². The van der Waals surface area contributed by atoms with Crippen LogP contribution < -0.4 is 10.3 Å². The molecule has 5 nitrogen and oxygen atoms in total. The number of thiazole rings is 1. The van der Waals surface area contributed by atoms with E-state index in [1.54, 1.807) is 46.1 Å². The van der Waals surface area contributed by atoms with Gasteiger partial charge in [-0.05, 0) is 55.5 Å². The fraction of sp³-hybridized carbons (Fsp3) is 0.269. The number of thiophene rings is 1. The molecule has 2 aromatic carbocycles. The van der Waals surface area contributed by atoms with Crippen LogP contribution in [0.3, 0.4) is 0 Å². The van der Waals surface area contributed by atoms with E-state index in [4.69, 9.17) is 14.7 Å². The lowest BCUT2D eigenvalue weighted by Gasteiger charge is -2.13. The van der Waals surface area contributed by atoms with Crippen molar-refractivity contribution in [1.82, 2.24) is 14.5 Å². The van der Waals surface area contributed by atoms with Gasteiger partial charge in [0.25, 0.3) is 5.56 Å². The van der Waals surface area contributed by atoms with E-state index in [0.717, 1.165) is 51.4 Å². The number of hydrogen-bond acceptors (Lipinski definition) is 7. The summed E-state index contributed by atoms with van der Waals surface area (Å²) in [5, 5.41) is 2.52. The van der Waals surface area contributed by atoms with Crippen LogP contribution in [0.1, 0.15) is 34.7 Å². The molecule has 0 radical (unpaired) electrons. The lowest BCUT2D eigenvalue weighted by molar-refractivity contribution is 0.414. The van der Waals surface area contributed by atoms with Crippen LogP contribution in [0.5, 0.6) is 5.75 Å². The summed E-state index contributed by atoms with van der Waals surface area (Å²) in [7, 11) is 1.64. The third kappa shape index (κ3) is 3.93. The van der Waals surface area contributed by atoms with Crippen LogP contribution >= 0.6 is 34.4 Å². The number of hydrogen-bond donors (Lipinski definition) is 0. The van der Waals surface area contributed by atoms with E-state index in [-0.39, 0.29) is 5.56 Å². The first-order chi connectivity index (χ1) is 16.7. The van der Waals surface area contributed by atoms with Gasteiger partial charge in [0.05, 0.1) is 34.2 Å². The molecule has 3 heterocycles. The summed E-state index contributed by atoms with van der Waals surface area (Å²) in [5.74, 6) is 1.38. The van der Waals surface area contributed by atoms with Crippen LogP contribution in [0.15, 0.2) is 58.5 Å². The number of thioether (sulfide) groups is 1. The monoisotopic (exact) mass is 505 g/mol. The Morgan fingerprint density at radius 1 is 1.03 bits per heavy atom. The van der Waals surface area contributed by atoms with Gasteiger partial charge in [0.15, 0.2) is 5.16 Å². The quantitative estimate of drug-likeness (QED) is 0.152. The number of benzene rings is 2. The first-order valence-corrected chi connectivity index (χ1v) is 14.0. The normalized spacial score (nSPS) is 13.8. The molecule has 6 rings (SSSR count). The van der Waals surface area contributed by atoms with Crippen molar-refractivity contribution >= 4 is 54.9 Å². The highest BCUT2D eigenvalue weighted by Crippen LogP contribution is 2.36. The van der Waals surface area contributed by atoms with Gasteiger partial charge in [-0.1, -0.05) is 36.4 Å². The summed E-state index contributed by atoms with van der Waals surface area (Å²) in [5.41, 5.74) is 3.02. The smallest absolute Gasteiger partial charge is 0.267 e. The van der Waals surface area contributed by atoms with E-state index in [0.29, 0.717) is 10.9 Å². The van der Waals surface area contributed by atoms with Gasteiger partial charge < -0.3 is 4.74 Å². The Kier molecular flexibility index (Phi) is 5.89. The molecule has 1 aliphatic carbocycles. The van der Waals surface area contributed by atoms with Crippen molar-refractivity contribution in [2.24, 2.45) is 0 Å². The molecule has 8 heteroatoms. The molecule has 5 aromatic rings. The average Bonchev–Trinajstić information content (AvgIpc) is 3.36. The van der Waals surface area contributed by atoms with Crippen LogP contribution in [0.2, 0.25) is 0 Å². The highest BCUT2D eigenvalue weighted by atomic mass is 32.2. The third-order valence-corrected chi connectivity index (χ3v) is 9.54. The largest absolute Gasteiger partial charge is 0.497 e. The van der Waals surface area contributed by atoms with Gasteiger partial charge in [-0.25, -0.2) is 9.97 Å². The van der Waals surface area contributed by atoms with Gasteiger partial charge in [0.2, 0.25) is 0 Å². The molecular weight excluding hydrogens is 483 g/mol. The first kappa shape index (κ1) is 21.8.